The van der Waals surface area contributed by atoms with E-state index in [1.807, 2.05) is 30.3 Å². The van der Waals surface area contributed by atoms with Crippen LogP contribution >= 0.6 is 39.1 Å². The number of hydrogen-bond acceptors (Lipinski definition) is 1. The van der Waals surface area contributed by atoms with Crippen molar-refractivity contribution in [1.29, 1.82) is 0 Å². The maximum atomic E-state index is 6.59. The first-order valence-electron chi connectivity index (χ1n) is 6.42. The average molecular weight is 372 g/mol. The normalized spacial score (nSPS) is 18.5. The molecule has 4 heteroatoms. The Hall–Kier alpha value is -0.700. The minimum absolute atomic E-state index is 0.216. The SMILES string of the molecule is CC1Cc2cc(C(Cl)c3cc(Cl)cc(Br)c3)ccc2O1. The summed E-state index contributed by atoms with van der Waals surface area (Å²) in [7, 11) is 0. The molecule has 104 valence electrons. The van der Waals surface area contributed by atoms with Gasteiger partial charge in [-0.2, -0.15) is 0 Å². The molecule has 1 nitrogen and oxygen atoms in total. The fraction of sp³-hybridized carbons (Fsp3) is 0.250. The smallest absolute Gasteiger partial charge is 0.123 e. The van der Waals surface area contributed by atoms with E-state index in [2.05, 4.69) is 28.9 Å². The molecule has 0 spiro atoms. The summed E-state index contributed by atoms with van der Waals surface area (Å²) in [4.78, 5) is 0. The van der Waals surface area contributed by atoms with Gasteiger partial charge >= 0.3 is 0 Å². The van der Waals surface area contributed by atoms with Gasteiger partial charge < -0.3 is 4.74 Å². The molecule has 2 aromatic carbocycles. The highest BCUT2D eigenvalue weighted by atomic mass is 79.9. The Balaban J connectivity index is 1.95. The summed E-state index contributed by atoms with van der Waals surface area (Å²) >= 11 is 16.1. The molecule has 0 fully saturated rings. The summed E-state index contributed by atoms with van der Waals surface area (Å²) in [5.74, 6) is 0.970. The predicted molar refractivity (Wildman–Crippen MR) is 87.1 cm³/mol. The zero-order valence-electron chi connectivity index (χ0n) is 10.9. The lowest BCUT2D eigenvalue weighted by molar-refractivity contribution is 0.254. The van der Waals surface area contributed by atoms with Crippen LogP contribution in [0.3, 0.4) is 0 Å². The first-order valence-corrected chi connectivity index (χ1v) is 8.03. The summed E-state index contributed by atoms with van der Waals surface area (Å²) in [6.45, 7) is 2.08. The van der Waals surface area contributed by atoms with Crippen LogP contribution in [0.2, 0.25) is 5.02 Å². The van der Waals surface area contributed by atoms with Crippen LogP contribution in [0.1, 0.15) is 29.0 Å². The molecule has 0 bridgehead atoms. The third-order valence-electron chi connectivity index (χ3n) is 3.39. The van der Waals surface area contributed by atoms with Crippen LogP contribution in [-0.4, -0.2) is 6.10 Å². The Kier molecular flexibility index (Phi) is 3.98. The molecule has 1 aliphatic rings. The lowest BCUT2D eigenvalue weighted by atomic mass is 10.0. The molecule has 0 aliphatic carbocycles. The molecule has 2 atom stereocenters. The summed E-state index contributed by atoms with van der Waals surface area (Å²) in [6, 6.07) is 11.9. The van der Waals surface area contributed by atoms with Gasteiger partial charge in [0.25, 0.3) is 0 Å². The van der Waals surface area contributed by atoms with Gasteiger partial charge in [-0.15, -0.1) is 11.6 Å². The fourth-order valence-corrected chi connectivity index (χ4v) is 3.66. The molecule has 2 aromatic rings. The Bertz CT molecular complexity index is 637. The second-order valence-corrected chi connectivity index (χ2v) is 6.85. The molecule has 2 unspecified atom stereocenters. The second kappa shape index (κ2) is 5.59. The number of ether oxygens (including phenoxy) is 1. The van der Waals surface area contributed by atoms with E-state index in [0.717, 1.165) is 27.8 Å². The van der Waals surface area contributed by atoms with Crippen LogP contribution in [0, 0.1) is 0 Å². The Morgan fingerprint density at radius 1 is 1.20 bits per heavy atom. The van der Waals surface area contributed by atoms with Gasteiger partial charge in [-0.3, -0.25) is 0 Å². The molecule has 0 radical (unpaired) electrons. The van der Waals surface area contributed by atoms with Gasteiger partial charge in [-0.05, 0) is 47.9 Å². The van der Waals surface area contributed by atoms with Crippen molar-refractivity contribution >= 4 is 39.1 Å². The molecule has 0 amide bonds. The van der Waals surface area contributed by atoms with Gasteiger partial charge in [0, 0.05) is 15.9 Å². The molecule has 1 heterocycles. The largest absolute Gasteiger partial charge is 0.490 e. The Morgan fingerprint density at radius 3 is 2.75 bits per heavy atom. The van der Waals surface area contributed by atoms with E-state index in [-0.39, 0.29) is 11.5 Å². The topological polar surface area (TPSA) is 9.23 Å². The highest BCUT2D eigenvalue weighted by molar-refractivity contribution is 9.10. The quantitative estimate of drug-likeness (QED) is 0.610. The maximum absolute atomic E-state index is 6.59. The monoisotopic (exact) mass is 370 g/mol. The lowest BCUT2D eigenvalue weighted by Gasteiger charge is -2.12. The second-order valence-electron chi connectivity index (χ2n) is 5.07. The lowest BCUT2D eigenvalue weighted by Crippen LogP contribution is -2.05. The van der Waals surface area contributed by atoms with E-state index in [4.69, 9.17) is 27.9 Å². The summed E-state index contributed by atoms with van der Waals surface area (Å²) in [5, 5.41) is 0.462. The number of hydrogen-bond donors (Lipinski definition) is 0. The van der Waals surface area contributed by atoms with Crippen molar-refractivity contribution in [2.24, 2.45) is 0 Å². The molecule has 0 aromatic heterocycles. The van der Waals surface area contributed by atoms with Crippen molar-refractivity contribution in [1.82, 2.24) is 0 Å². The number of benzene rings is 2. The standard InChI is InChI=1S/C16H13BrCl2O/c1-9-4-11-5-10(2-3-15(11)20-9)16(19)12-6-13(17)8-14(18)7-12/h2-3,5-9,16H,4H2,1H3. The van der Waals surface area contributed by atoms with Crippen molar-refractivity contribution in [3.63, 3.8) is 0 Å². The summed E-state index contributed by atoms with van der Waals surface area (Å²) < 4.78 is 6.65. The summed E-state index contributed by atoms with van der Waals surface area (Å²) in [5.41, 5.74) is 3.27. The van der Waals surface area contributed by atoms with E-state index in [1.54, 1.807) is 0 Å². The first-order chi connectivity index (χ1) is 9.52. The van der Waals surface area contributed by atoms with Crippen molar-refractivity contribution in [2.75, 3.05) is 0 Å². The van der Waals surface area contributed by atoms with Crippen molar-refractivity contribution in [2.45, 2.75) is 24.8 Å². The Labute approximate surface area is 137 Å². The van der Waals surface area contributed by atoms with Gasteiger partial charge in [0.1, 0.15) is 11.9 Å². The van der Waals surface area contributed by atoms with Crippen molar-refractivity contribution < 1.29 is 4.74 Å². The molecule has 3 rings (SSSR count). The number of halogens is 3. The van der Waals surface area contributed by atoms with E-state index in [0.29, 0.717) is 5.02 Å². The summed E-state index contributed by atoms with van der Waals surface area (Å²) in [6.07, 6.45) is 1.18. The molecule has 1 aliphatic heterocycles. The van der Waals surface area contributed by atoms with Crippen molar-refractivity contribution in [3.8, 4) is 5.75 Å². The number of rotatable bonds is 2. The van der Waals surface area contributed by atoms with E-state index < -0.39 is 0 Å². The molecule has 20 heavy (non-hydrogen) atoms. The van der Waals surface area contributed by atoms with Gasteiger partial charge in [0.2, 0.25) is 0 Å². The van der Waals surface area contributed by atoms with Crippen LogP contribution in [0.4, 0.5) is 0 Å². The van der Waals surface area contributed by atoms with Crippen LogP contribution in [0.15, 0.2) is 40.9 Å². The molecule has 0 saturated carbocycles. The predicted octanol–water partition coefficient (Wildman–Crippen LogP) is 5.75. The maximum Gasteiger partial charge on any atom is 0.123 e. The van der Waals surface area contributed by atoms with E-state index >= 15 is 0 Å². The van der Waals surface area contributed by atoms with Gasteiger partial charge in [0.15, 0.2) is 0 Å². The first kappa shape index (κ1) is 14.2. The van der Waals surface area contributed by atoms with Gasteiger partial charge in [-0.1, -0.05) is 39.7 Å². The molecule has 0 N–H and O–H groups in total. The minimum atomic E-state index is -0.216. The van der Waals surface area contributed by atoms with Crippen LogP contribution < -0.4 is 4.74 Å². The Morgan fingerprint density at radius 2 is 2.00 bits per heavy atom. The minimum Gasteiger partial charge on any atom is -0.490 e. The molecular formula is C16H13BrCl2O. The zero-order valence-corrected chi connectivity index (χ0v) is 14.0. The zero-order chi connectivity index (χ0) is 14.3. The third kappa shape index (κ3) is 2.83. The molecule has 0 saturated heterocycles. The fourth-order valence-electron chi connectivity index (χ4n) is 2.51. The van der Waals surface area contributed by atoms with Gasteiger partial charge in [0.05, 0.1) is 5.38 Å². The van der Waals surface area contributed by atoms with E-state index in [1.165, 1.54) is 5.56 Å². The number of fused-ring (bicyclic) bond motifs is 1. The third-order valence-corrected chi connectivity index (χ3v) is 4.57. The van der Waals surface area contributed by atoms with Crippen LogP contribution in [0.5, 0.6) is 5.75 Å². The van der Waals surface area contributed by atoms with E-state index in [9.17, 15) is 0 Å². The van der Waals surface area contributed by atoms with Crippen LogP contribution in [0.25, 0.3) is 0 Å². The van der Waals surface area contributed by atoms with Gasteiger partial charge in [-0.25, -0.2) is 0 Å². The highest BCUT2D eigenvalue weighted by Crippen LogP contribution is 2.36. The van der Waals surface area contributed by atoms with Crippen LogP contribution in [-0.2, 0) is 6.42 Å². The van der Waals surface area contributed by atoms with Crippen molar-refractivity contribution in [3.05, 3.63) is 62.6 Å². The number of alkyl halides is 1. The average Bonchev–Trinajstić information content (AvgIpc) is 2.75. The highest BCUT2D eigenvalue weighted by Gasteiger charge is 2.21. The molecular weight excluding hydrogens is 359 g/mol.